The van der Waals surface area contributed by atoms with Crippen LogP contribution < -0.4 is 10.2 Å². The van der Waals surface area contributed by atoms with Crippen molar-refractivity contribution in [1.82, 2.24) is 4.90 Å². The highest BCUT2D eigenvalue weighted by Crippen LogP contribution is 2.08. The van der Waals surface area contributed by atoms with Crippen LogP contribution in [0, 0.1) is 5.82 Å². The van der Waals surface area contributed by atoms with Crippen LogP contribution in [0.4, 0.5) is 10.1 Å². The second-order valence-electron chi connectivity index (χ2n) is 6.48. The molecule has 5 nitrogen and oxygen atoms in total. The molecule has 2 aromatic rings. The Balaban J connectivity index is 1.88. The molecule has 0 fully saturated rings. The third-order valence-electron chi connectivity index (χ3n) is 4.30. The molecule has 0 aliphatic carbocycles. The third-order valence-corrected chi connectivity index (χ3v) is 4.30. The zero-order chi connectivity index (χ0) is 19.1. The fourth-order valence-electron chi connectivity index (χ4n) is 2.65. The van der Waals surface area contributed by atoms with Crippen molar-refractivity contribution in [3.8, 4) is 0 Å². The van der Waals surface area contributed by atoms with Crippen molar-refractivity contribution >= 4 is 17.5 Å². The minimum absolute atomic E-state index is 0.0371. The van der Waals surface area contributed by atoms with Crippen molar-refractivity contribution in [2.75, 3.05) is 26.0 Å². The topological polar surface area (TPSA) is 53.9 Å². The molecule has 2 amide bonds. The number of hydrogen-bond acceptors (Lipinski definition) is 2. The van der Waals surface area contributed by atoms with E-state index in [1.165, 1.54) is 18.2 Å². The summed E-state index contributed by atoms with van der Waals surface area (Å²) in [7, 11) is 3.55. The minimum atomic E-state index is -0.408. The molecule has 26 heavy (non-hydrogen) atoms. The molecular formula is C20H25FN3O2+. The Morgan fingerprint density at radius 1 is 1.15 bits per heavy atom. The molecule has 0 aliphatic heterocycles. The van der Waals surface area contributed by atoms with E-state index in [-0.39, 0.29) is 24.4 Å². The summed E-state index contributed by atoms with van der Waals surface area (Å²) in [6.45, 7) is 2.43. The minimum Gasteiger partial charge on any atom is -0.336 e. The Morgan fingerprint density at radius 3 is 2.50 bits per heavy atom. The van der Waals surface area contributed by atoms with E-state index in [4.69, 9.17) is 0 Å². The lowest BCUT2D eigenvalue weighted by molar-refractivity contribution is -0.886. The molecule has 2 atom stereocenters. The zero-order valence-corrected chi connectivity index (χ0v) is 15.3. The van der Waals surface area contributed by atoms with Crippen molar-refractivity contribution in [3.05, 3.63) is 66.0 Å². The van der Waals surface area contributed by atoms with Crippen molar-refractivity contribution in [3.63, 3.8) is 0 Å². The van der Waals surface area contributed by atoms with Crippen molar-refractivity contribution in [1.29, 1.82) is 0 Å². The van der Waals surface area contributed by atoms with Gasteiger partial charge in [0.15, 0.2) is 12.6 Å². The first-order valence-corrected chi connectivity index (χ1v) is 8.53. The molecule has 0 saturated carbocycles. The van der Waals surface area contributed by atoms with Gasteiger partial charge in [0, 0.05) is 19.3 Å². The molecule has 0 heterocycles. The number of benzene rings is 2. The van der Waals surface area contributed by atoms with E-state index in [1.807, 2.05) is 30.3 Å². The second-order valence-corrected chi connectivity index (χ2v) is 6.48. The summed E-state index contributed by atoms with van der Waals surface area (Å²) in [6.07, 6.45) is 0. The highest BCUT2D eigenvalue weighted by molar-refractivity contribution is 5.91. The van der Waals surface area contributed by atoms with Gasteiger partial charge in [0.05, 0.1) is 7.05 Å². The summed E-state index contributed by atoms with van der Waals surface area (Å²) in [4.78, 5) is 27.2. The molecule has 0 aromatic heterocycles. The maximum atomic E-state index is 13.2. The van der Waals surface area contributed by atoms with Crippen molar-refractivity contribution in [2.45, 2.75) is 19.5 Å². The Hall–Kier alpha value is -2.73. The van der Waals surface area contributed by atoms with Gasteiger partial charge in [-0.15, -0.1) is 0 Å². The average molecular weight is 358 g/mol. The smallest absolute Gasteiger partial charge is 0.280 e. The number of quaternary nitrogens is 1. The molecular weight excluding hydrogens is 333 g/mol. The molecule has 2 aromatic carbocycles. The summed E-state index contributed by atoms with van der Waals surface area (Å²) in [5, 5.41) is 2.65. The number of anilines is 1. The number of likely N-dealkylation sites (N-methyl/N-ethyl adjacent to an activating group) is 2. The van der Waals surface area contributed by atoms with E-state index in [0.717, 1.165) is 10.5 Å². The second kappa shape index (κ2) is 9.10. The first-order chi connectivity index (χ1) is 12.4. The van der Waals surface area contributed by atoms with Crippen LogP contribution in [-0.2, 0) is 16.1 Å². The van der Waals surface area contributed by atoms with Gasteiger partial charge in [-0.05, 0) is 30.7 Å². The lowest BCUT2D eigenvalue weighted by Gasteiger charge is -2.25. The Bertz CT molecular complexity index is 752. The standard InChI is InChI=1S/C20H24FN3O2/c1-15(20(26)24(3)13-16-8-5-4-6-9-16)23(2)14-19(25)22-18-11-7-10-17(21)12-18/h4-12,15H,13-14H2,1-3H3,(H,22,25)/p+1/t15-/m0/s1. The van der Waals surface area contributed by atoms with E-state index in [9.17, 15) is 14.0 Å². The van der Waals surface area contributed by atoms with Crippen LogP contribution >= 0.6 is 0 Å². The largest absolute Gasteiger partial charge is 0.336 e. The molecule has 2 rings (SSSR count). The van der Waals surface area contributed by atoms with E-state index in [0.29, 0.717) is 12.2 Å². The number of carbonyl (C=O) groups is 2. The predicted molar refractivity (Wildman–Crippen MR) is 99.2 cm³/mol. The molecule has 2 N–H and O–H groups in total. The monoisotopic (exact) mass is 358 g/mol. The number of rotatable bonds is 7. The van der Waals surface area contributed by atoms with Gasteiger partial charge in [-0.1, -0.05) is 36.4 Å². The highest BCUT2D eigenvalue weighted by atomic mass is 19.1. The molecule has 0 aliphatic rings. The van der Waals surface area contributed by atoms with Crippen LogP contribution in [0.5, 0.6) is 0 Å². The number of amides is 2. The normalized spacial score (nSPS) is 12.9. The number of carbonyl (C=O) groups excluding carboxylic acids is 2. The Labute approximate surface area is 153 Å². The van der Waals surface area contributed by atoms with E-state index < -0.39 is 5.82 Å². The van der Waals surface area contributed by atoms with Gasteiger partial charge in [0.2, 0.25) is 0 Å². The van der Waals surface area contributed by atoms with Gasteiger partial charge in [0.1, 0.15) is 5.82 Å². The first kappa shape index (κ1) is 19.6. The van der Waals surface area contributed by atoms with Crippen LogP contribution in [0.1, 0.15) is 12.5 Å². The van der Waals surface area contributed by atoms with Gasteiger partial charge in [0.25, 0.3) is 11.8 Å². The van der Waals surface area contributed by atoms with Crippen molar-refractivity contribution in [2.24, 2.45) is 0 Å². The molecule has 0 saturated heterocycles. The van der Waals surface area contributed by atoms with Crippen LogP contribution in [0.15, 0.2) is 54.6 Å². The van der Waals surface area contributed by atoms with Crippen LogP contribution in [0.2, 0.25) is 0 Å². The van der Waals surface area contributed by atoms with Crippen LogP contribution in [0.3, 0.4) is 0 Å². The average Bonchev–Trinajstić information content (AvgIpc) is 2.61. The number of nitrogens with zero attached hydrogens (tertiary/aromatic N) is 1. The van der Waals surface area contributed by atoms with E-state index >= 15 is 0 Å². The summed E-state index contributed by atoms with van der Waals surface area (Å²) in [5.41, 5.74) is 1.46. The summed E-state index contributed by atoms with van der Waals surface area (Å²) < 4.78 is 13.2. The fourth-order valence-corrected chi connectivity index (χ4v) is 2.65. The number of halogens is 1. The number of nitrogens with one attached hydrogen (secondary N) is 2. The van der Waals surface area contributed by atoms with Gasteiger partial charge >= 0.3 is 0 Å². The van der Waals surface area contributed by atoms with Crippen LogP contribution in [-0.4, -0.2) is 43.4 Å². The summed E-state index contributed by atoms with van der Waals surface area (Å²) >= 11 is 0. The first-order valence-electron chi connectivity index (χ1n) is 8.53. The predicted octanol–water partition coefficient (Wildman–Crippen LogP) is 1.33. The molecule has 0 spiro atoms. The van der Waals surface area contributed by atoms with Gasteiger partial charge in [-0.3, -0.25) is 9.59 Å². The Morgan fingerprint density at radius 2 is 1.85 bits per heavy atom. The summed E-state index contributed by atoms with van der Waals surface area (Å²) in [6, 6.07) is 15.1. The SMILES string of the molecule is C[C@@H](C(=O)N(C)Cc1ccccc1)[NH+](C)CC(=O)Nc1cccc(F)c1. The van der Waals surface area contributed by atoms with Gasteiger partial charge in [-0.25, -0.2) is 4.39 Å². The maximum absolute atomic E-state index is 13.2. The van der Waals surface area contributed by atoms with Crippen LogP contribution in [0.25, 0.3) is 0 Å². The lowest BCUT2D eigenvalue weighted by atomic mass is 10.2. The number of hydrogen-bond donors (Lipinski definition) is 2. The van der Waals surface area contributed by atoms with E-state index in [2.05, 4.69) is 5.32 Å². The lowest BCUT2D eigenvalue weighted by Crippen LogP contribution is -3.15. The van der Waals surface area contributed by atoms with Crippen molar-refractivity contribution < 1.29 is 18.9 Å². The molecule has 0 bridgehead atoms. The molecule has 0 radical (unpaired) electrons. The quantitative estimate of drug-likeness (QED) is 0.785. The van der Waals surface area contributed by atoms with E-state index in [1.54, 1.807) is 32.0 Å². The molecule has 138 valence electrons. The molecule has 6 heteroatoms. The third kappa shape index (κ3) is 5.67. The summed E-state index contributed by atoms with van der Waals surface area (Å²) in [5.74, 6) is -0.710. The molecule has 1 unspecified atom stereocenters. The van der Waals surface area contributed by atoms with Gasteiger partial charge in [-0.2, -0.15) is 0 Å². The Kier molecular flexibility index (Phi) is 6.86. The zero-order valence-electron chi connectivity index (χ0n) is 15.3. The maximum Gasteiger partial charge on any atom is 0.280 e. The fraction of sp³-hybridized carbons (Fsp3) is 0.300. The highest BCUT2D eigenvalue weighted by Gasteiger charge is 2.26. The van der Waals surface area contributed by atoms with Gasteiger partial charge < -0.3 is 15.1 Å².